The number of carboxylic acids is 1. The molecule has 2 heterocycles. The van der Waals surface area contributed by atoms with Crippen LogP contribution in [-0.2, 0) is 21.4 Å². The molecule has 0 radical (unpaired) electrons. The van der Waals surface area contributed by atoms with Gasteiger partial charge in [-0.2, -0.15) is 4.72 Å². The average molecular weight is 485 g/mol. The van der Waals surface area contributed by atoms with Crippen molar-refractivity contribution in [3.63, 3.8) is 0 Å². The number of benzene rings is 2. The average Bonchev–Trinajstić information content (AvgIpc) is 3.36. The Hall–Kier alpha value is -3.14. The smallest absolute Gasteiger partial charge is 0.322 e. The standard InChI is InChI=1S/C25H28N2O6S/c1-32-21-8-4-18(5-9-21)19-6-10-23(11-7-19)34(30,31)26-24(25(28)29)20-12-14-27(15-13-20)17-22-3-2-16-33-22/h2-11,16,20,24,26H,12-15,17H2,1H3,(H,28,29). The van der Waals surface area contributed by atoms with Crippen LogP contribution >= 0.6 is 0 Å². The van der Waals surface area contributed by atoms with E-state index < -0.39 is 22.0 Å². The normalized spacial score (nSPS) is 16.3. The Bertz CT molecular complexity index is 1180. The van der Waals surface area contributed by atoms with Crippen LogP contribution in [0, 0.1) is 5.92 Å². The lowest BCUT2D eigenvalue weighted by Crippen LogP contribution is -2.49. The Balaban J connectivity index is 1.41. The molecule has 1 unspecified atom stereocenters. The topological polar surface area (TPSA) is 109 Å². The molecule has 1 aromatic heterocycles. The Labute approximate surface area is 199 Å². The van der Waals surface area contributed by atoms with Gasteiger partial charge in [0.1, 0.15) is 17.6 Å². The van der Waals surface area contributed by atoms with Gasteiger partial charge in [0.15, 0.2) is 0 Å². The minimum Gasteiger partial charge on any atom is -0.497 e. The molecule has 3 aromatic rings. The summed E-state index contributed by atoms with van der Waals surface area (Å²) in [5, 5.41) is 9.78. The zero-order valence-corrected chi connectivity index (χ0v) is 19.7. The third-order valence-corrected chi connectivity index (χ3v) is 7.66. The highest BCUT2D eigenvalue weighted by Crippen LogP contribution is 2.26. The molecule has 1 fully saturated rings. The largest absolute Gasteiger partial charge is 0.497 e. The van der Waals surface area contributed by atoms with Gasteiger partial charge in [-0.3, -0.25) is 9.69 Å². The van der Waals surface area contributed by atoms with Crippen molar-refractivity contribution >= 4 is 16.0 Å². The highest BCUT2D eigenvalue weighted by Gasteiger charge is 2.35. The van der Waals surface area contributed by atoms with Crippen LogP contribution in [-0.4, -0.2) is 50.6 Å². The first-order valence-electron chi connectivity index (χ1n) is 11.1. The van der Waals surface area contributed by atoms with Crippen LogP contribution in [0.25, 0.3) is 11.1 Å². The number of rotatable bonds is 9. The van der Waals surface area contributed by atoms with Gasteiger partial charge in [-0.05, 0) is 79.4 Å². The maximum absolute atomic E-state index is 13.0. The molecule has 1 aliphatic rings. The molecule has 9 heteroatoms. The molecule has 4 rings (SSSR count). The first-order valence-corrected chi connectivity index (χ1v) is 12.6. The van der Waals surface area contributed by atoms with E-state index in [4.69, 9.17) is 9.15 Å². The van der Waals surface area contributed by atoms with Crippen LogP contribution in [0.2, 0.25) is 0 Å². The van der Waals surface area contributed by atoms with Crippen LogP contribution in [0.1, 0.15) is 18.6 Å². The molecule has 180 valence electrons. The second-order valence-electron chi connectivity index (χ2n) is 8.38. The van der Waals surface area contributed by atoms with Gasteiger partial charge in [0.25, 0.3) is 0 Å². The molecule has 0 aliphatic carbocycles. The van der Waals surface area contributed by atoms with Crippen molar-refractivity contribution in [3.8, 4) is 16.9 Å². The first-order chi connectivity index (χ1) is 16.4. The highest BCUT2D eigenvalue weighted by molar-refractivity contribution is 7.89. The highest BCUT2D eigenvalue weighted by atomic mass is 32.2. The van der Waals surface area contributed by atoms with E-state index in [2.05, 4.69) is 9.62 Å². The summed E-state index contributed by atoms with van der Waals surface area (Å²) in [5.41, 5.74) is 1.77. The number of aliphatic carboxylic acids is 1. The number of methoxy groups -OCH3 is 1. The van der Waals surface area contributed by atoms with E-state index in [0.29, 0.717) is 32.5 Å². The summed E-state index contributed by atoms with van der Waals surface area (Å²) in [5.74, 6) is 0.132. The second-order valence-corrected chi connectivity index (χ2v) is 10.1. The van der Waals surface area contributed by atoms with Gasteiger partial charge in [0.2, 0.25) is 10.0 Å². The van der Waals surface area contributed by atoms with Crippen LogP contribution in [0.15, 0.2) is 76.2 Å². The summed E-state index contributed by atoms with van der Waals surface area (Å²) >= 11 is 0. The number of carboxylic acid groups (broad SMARTS) is 1. The van der Waals surface area contributed by atoms with E-state index in [1.807, 2.05) is 36.4 Å². The number of ether oxygens (including phenoxy) is 1. The van der Waals surface area contributed by atoms with E-state index in [1.165, 1.54) is 12.1 Å². The van der Waals surface area contributed by atoms with Crippen molar-refractivity contribution < 1.29 is 27.5 Å². The summed E-state index contributed by atoms with van der Waals surface area (Å²) in [6.07, 6.45) is 2.79. The molecule has 1 saturated heterocycles. The van der Waals surface area contributed by atoms with Gasteiger partial charge in [-0.1, -0.05) is 24.3 Å². The van der Waals surface area contributed by atoms with Gasteiger partial charge >= 0.3 is 5.97 Å². The molecule has 1 atom stereocenters. The SMILES string of the molecule is COc1ccc(-c2ccc(S(=O)(=O)NC(C(=O)O)C3CCN(Cc4ccco4)CC3)cc2)cc1. The predicted molar refractivity (Wildman–Crippen MR) is 127 cm³/mol. The molecular formula is C25H28N2O6S. The van der Waals surface area contributed by atoms with Crippen molar-refractivity contribution in [1.29, 1.82) is 0 Å². The van der Waals surface area contributed by atoms with Crippen molar-refractivity contribution in [2.75, 3.05) is 20.2 Å². The summed E-state index contributed by atoms with van der Waals surface area (Å²) in [6.45, 7) is 2.00. The lowest BCUT2D eigenvalue weighted by Gasteiger charge is -2.34. The summed E-state index contributed by atoms with van der Waals surface area (Å²) in [4.78, 5) is 14.2. The lowest BCUT2D eigenvalue weighted by molar-refractivity contribution is -0.140. The maximum atomic E-state index is 13.0. The summed E-state index contributed by atoms with van der Waals surface area (Å²) < 4.78 is 38.9. The van der Waals surface area contributed by atoms with Gasteiger partial charge in [0, 0.05) is 0 Å². The molecule has 2 aromatic carbocycles. The van der Waals surface area contributed by atoms with Gasteiger partial charge in [-0.25, -0.2) is 8.42 Å². The molecule has 0 amide bonds. The minimum absolute atomic E-state index is 0.0336. The number of carbonyl (C=O) groups is 1. The van der Waals surface area contributed by atoms with E-state index in [-0.39, 0.29) is 10.8 Å². The summed E-state index contributed by atoms with van der Waals surface area (Å²) in [7, 11) is -2.40. The molecule has 0 spiro atoms. The Morgan fingerprint density at radius 3 is 2.24 bits per heavy atom. The van der Waals surface area contributed by atoms with E-state index >= 15 is 0 Å². The molecule has 1 aliphatic heterocycles. The Morgan fingerprint density at radius 2 is 1.71 bits per heavy atom. The van der Waals surface area contributed by atoms with Crippen molar-refractivity contribution in [2.45, 2.75) is 30.3 Å². The predicted octanol–water partition coefficient (Wildman–Crippen LogP) is 3.60. The maximum Gasteiger partial charge on any atom is 0.322 e. The van der Waals surface area contributed by atoms with Crippen LogP contribution in [0.5, 0.6) is 5.75 Å². The zero-order valence-electron chi connectivity index (χ0n) is 18.9. The van der Waals surface area contributed by atoms with Gasteiger partial charge in [-0.15, -0.1) is 0 Å². The lowest BCUT2D eigenvalue weighted by atomic mass is 9.90. The number of likely N-dealkylation sites (tertiary alicyclic amines) is 1. The molecule has 8 nitrogen and oxygen atoms in total. The van der Waals surface area contributed by atoms with Gasteiger partial charge in [0.05, 0.1) is 24.8 Å². The van der Waals surface area contributed by atoms with E-state index in [9.17, 15) is 18.3 Å². The van der Waals surface area contributed by atoms with Gasteiger partial charge < -0.3 is 14.3 Å². The van der Waals surface area contributed by atoms with Crippen LogP contribution < -0.4 is 9.46 Å². The fourth-order valence-corrected chi connectivity index (χ4v) is 5.52. The number of sulfonamides is 1. The number of nitrogens with zero attached hydrogens (tertiary/aromatic N) is 1. The third kappa shape index (κ3) is 5.67. The van der Waals surface area contributed by atoms with Crippen LogP contribution in [0.4, 0.5) is 0 Å². The number of piperidine rings is 1. The Morgan fingerprint density at radius 1 is 1.09 bits per heavy atom. The molecular weight excluding hydrogens is 456 g/mol. The van der Waals surface area contributed by atoms with Crippen molar-refractivity contribution in [1.82, 2.24) is 9.62 Å². The molecule has 34 heavy (non-hydrogen) atoms. The quantitative estimate of drug-likeness (QED) is 0.478. The number of hydrogen-bond donors (Lipinski definition) is 2. The monoisotopic (exact) mass is 484 g/mol. The molecule has 0 bridgehead atoms. The fourth-order valence-electron chi connectivity index (χ4n) is 4.26. The number of nitrogens with one attached hydrogen (secondary N) is 1. The number of furan rings is 1. The van der Waals surface area contributed by atoms with Crippen LogP contribution in [0.3, 0.4) is 0 Å². The Kier molecular flexibility index (Phi) is 7.35. The van der Waals surface area contributed by atoms with Crippen molar-refractivity contribution in [3.05, 3.63) is 72.7 Å². The van der Waals surface area contributed by atoms with E-state index in [1.54, 1.807) is 25.5 Å². The third-order valence-electron chi connectivity index (χ3n) is 6.20. The second kappa shape index (κ2) is 10.4. The first kappa shape index (κ1) is 24.0. The molecule has 0 saturated carbocycles. The fraction of sp³-hybridized carbons (Fsp3) is 0.320. The molecule has 2 N–H and O–H groups in total. The van der Waals surface area contributed by atoms with Crippen molar-refractivity contribution in [2.24, 2.45) is 5.92 Å². The van der Waals surface area contributed by atoms with E-state index in [0.717, 1.165) is 22.6 Å². The minimum atomic E-state index is -4.00. The zero-order chi connectivity index (χ0) is 24.1. The number of hydrogen-bond acceptors (Lipinski definition) is 6. The summed E-state index contributed by atoms with van der Waals surface area (Å²) in [6, 6.07) is 16.4.